The number of ketones is 1. The zero-order valence-corrected chi connectivity index (χ0v) is 9.95. The van der Waals surface area contributed by atoms with E-state index in [-0.39, 0.29) is 18.3 Å². The van der Waals surface area contributed by atoms with Crippen LogP contribution in [0.2, 0.25) is 0 Å². The molecule has 2 N–H and O–H groups in total. The van der Waals surface area contributed by atoms with Crippen LogP contribution in [0.4, 0.5) is 0 Å². The molecule has 1 amide bonds. The number of hydrogen-bond acceptors (Lipinski definition) is 3. The Bertz CT molecular complexity index is 448. The molecule has 0 saturated heterocycles. The number of aliphatic hydroxyl groups is 1. The van der Waals surface area contributed by atoms with Crippen LogP contribution in [-0.2, 0) is 9.59 Å². The average Bonchev–Trinajstić information content (AvgIpc) is 2.23. The topological polar surface area (TPSA) is 66.4 Å². The van der Waals surface area contributed by atoms with Crippen LogP contribution in [0.3, 0.4) is 0 Å². The van der Waals surface area contributed by atoms with Crippen molar-refractivity contribution in [1.82, 2.24) is 5.32 Å². The van der Waals surface area contributed by atoms with Gasteiger partial charge in [-0.25, -0.2) is 0 Å². The molecule has 0 spiro atoms. The van der Waals surface area contributed by atoms with Crippen LogP contribution in [-0.4, -0.2) is 23.4 Å². The number of nitrogens with one attached hydrogen (secondary N) is 1. The highest BCUT2D eigenvalue weighted by atomic mass is 79.9. The fraction of sp³-hybridized carbons (Fsp3) is 0.273. The monoisotopic (exact) mass is 283 g/mol. The van der Waals surface area contributed by atoms with Crippen molar-refractivity contribution < 1.29 is 14.7 Å². The van der Waals surface area contributed by atoms with Crippen LogP contribution in [0.5, 0.6) is 0 Å². The van der Waals surface area contributed by atoms with Crippen molar-refractivity contribution in [2.75, 3.05) is 6.61 Å². The number of allylic oxidation sites excluding steroid dienone is 4. The van der Waals surface area contributed by atoms with Gasteiger partial charge in [-0.15, -0.1) is 0 Å². The fourth-order valence-electron chi connectivity index (χ4n) is 1.89. The first-order valence-corrected chi connectivity index (χ1v) is 5.66. The van der Waals surface area contributed by atoms with Crippen molar-refractivity contribution in [3.63, 3.8) is 0 Å². The lowest BCUT2D eigenvalue weighted by atomic mass is 9.84. The third-order valence-electron chi connectivity index (χ3n) is 2.57. The fourth-order valence-corrected chi connectivity index (χ4v) is 2.35. The van der Waals surface area contributed by atoms with E-state index in [4.69, 9.17) is 5.11 Å². The molecule has 1 aliphatic heterocycles. The quantitative estimate of drug-likeness (QED) is 0.787. The van der Waals surface area contributed by atoms with Crippen molar-refractivity contribution >= 4 is 27.6 Å². The van der Waals surface area contributed by atoms with Gasteiger partial charge >= 0.3 is 0 Å². The molecule has 1 unspecified atom stereocenters. The summed E-state index contributed by atoms with van der Waals surface area (Å²) in [6.07, 6.45) is 4.82. The Kier molecular flexibility index (Phi) is 3.07. The van der Waals surface area contributed by atoms with Crippen molar-refractivity contribution in [2.24, 2.45) is 5.92 Å². The highest BCUT2D eigenvalue weighted by Crippen LogP contribution is 2.33. The molecule has 16 heavy (non-hydrogen) atoms. The molecule has 2 rings (SSSR count). The SMILES string of the molecule is O=C1C=C(CCO)C2C(=O)C=CC(Br)=C2N1. The van der Waals surface area contributed by atoms with Gasteiger partial charge in [-0.05, 0) is 40.1 Å². The number of carbonyl (C=O) groups excluding carboxylic acids is 2. The van der Waals surface area contributed by atoms with Gasteiger partial charge in [0.15, 0.2) is 5.78 Å². The third kappa shape index (κ3) is 1.88. The average molecular weight is 284 g/mol. The van der Waals surface area contributed by atoms with Gasteiger partial charge in [0.25, 0.3) is 0 Å². The Morgan fingerprint density at radius 1 is 1.38 bits per heavy atom. The van der Waals surface area contributed by atoms with E-state index < -0.39 is 5.92 Å². The summed E-state index contributed by atoms with van der Waals surface area (Å²) < 4.78 is 0.703. The molecule has 1 aliphatic carbocycles. The number of fused-ring (bicyclic) bond motifs is 1. The number of halogens is 1. The first-order chi connectivity index (χ1) is 7.63. The minimum Gasteiger partial charge on any atom is -0.396 e. The highest BCUT2D eigenvalue weighted by Gasteiger charge is 2.33. The lowest BCUT2D eigenvalue weighted by Gasteiger charge is -2.28. The predicted octanol–water partition coefficient (Wildman–Crippen LogP) is 0.787. The molecule has 0 fully saturated rings. The zero-order valence-electron chi connectivity index (χ0n) is 8.37. The lowest BCUT2D eigenvalue weighted by molar-refractivity contribution is -0.118. The largest absolute Gasteiger partial charge is 0.396 e. The van der Waals surface area contributed by atoms with Crippen LogP contribution >= 0.6 is 15.9 Å². The summed E-state index contributed by atoms with van der Waals surface area (Å²) in [5.41, 5.74) is 1.23. The van der Waals surface area contributed by atoms with Gasteiger partial charge in [-0.1, -0.05) is 0 Å². The highest BCUT2D eigenvalue weighted by molar-refractivity contribution is 9.11. The van der Waals surface area contributed by atoms with E-state index in [2.05, 4.69) is 21.2 Å². The molecule has 0 aromatic heterocycles. The summed E-state index contributed by atoms with van der Waals surface area (Å²) in [7, 11) is 0. The standard InChI is InChI=1S/C11H10BrNO3/c12-7-1-2-8(15)10-6(3-4-14)5-9(16)13-11(7)10/h1-2,5,10,14H,3-4H2,(H,13,16). The molecule has 84 valence electrons. The molecule has 4 nitrogen and oxygen atoms in total. The number of carbonyl (C=O) groups is 2. The van der Waals surface area contributed by atoms with Crippen molar-refractivity contribution in [3.8, 4) is 0 Å². The van der Waals surface area contributed by atoms with Gasteiger partial charge in [0.1, 0.15) is 0 Å². The summed E-state index contributed by atoms with van der Waals surface area (Å²) >= 11 is 3.30. The molecule has 1 heterocycles. The van der Waals surface area contributed by atoms with Crippen molar-refractivity contribution in [3.05, 3.63) is 34.0 Å². The van der Waals surface area contributed by atoms with Crippen LogP contribution < -0.4 is 5.32 Å². The number of aliphatic hydroxyl groups excluding tert-OH is 1. The molecule has 2 aliphatic rings. The number of hydrogen-bond donors (Lipinski definition) is 2. The summed E-state index contributed by atoms with van der Waals surface area (Å²) in [5.74, 6) is -0.781. The van der Waals surface area contributed by atoms with Crippen molar-refractivity contribution in [1.29, 1.82) is 0 Å². The molecular formula is C11H10BrNO3. The van der Waals surface area contributed by atoms with Crippen LogP contribution in [0, 0.1) is 5.92 Å². The first-order valence-electron chi connectivity index (χ1n) is 4.87. The smallest absolute Gasteiger partial charge is 0.248 e. The van der Waals surface area contributed by atoms with E-state index in [1.165, 1.54) is 12.2 Å². The lowest BCUT2D eigenvalue weighted by Crippen LogP contribution is -2.37. The van der Waals surface area contributed by atoms with Gasteiger partial charge in [-0.2, -0.15) is 0 Å². The van der Waals surface area contributed by atoms with E-state index in [0.29, 0.717) is 22.2 Å². The predicted molar refractivity (Wildman–Crippen MR) is 61.5 cm³/mol. The van der Waals surface area contributed by atoms with Crippen LogP contribution in [0.25, 0.3) is 0 Å². The third-order valence-corrected chi connectivity index (χ3v) is 3.26. The maximum atomic E-state index is 11.8. The molecule has 5 heteroatoms. The second-order valence-corrected chi connectivity index (χ2v) is 4.47. The summed E-state index contributed by atoms with van der Waals surface area (Å²) in [6.45, 7) is -0.0719. The number of rotatable bonds is 2. The van der Waals surface area contributed by atoms with Gasteiger partial charge in [0, 0.05) is 22.9 Å². The molecular weight excluding hydrogens is 274 g/mol. The van der Waals surface area contributed by atoms with Crippen LogP contribution in [0.1, 0.15) is 6.42 Å². The second kappa shape index (κ2) is 4.35. The van der Waals surface area contributed by atoms with Gasteiger partial charge in [0.2, 0.25) is 5.91 Å². The maximum absolute atomic E-state index is 11.8. The van der Waals surface area contributed by atoms with Gasteiger partial charge < -0.3 is 10.4 Å². The van der Waals surface area contributed by atoms with E-state index >= 15 is 0 Å². The van der Waals surface area contributed by atoms with Crippen LogP contribution in [0.15, 0.2) is 34.0 Å². The van der Waals surface area contributed by atoms with E-state index in [1.54, 1.807) is 6.08 Å². The molecule has 1 atom stereocenters. The first kappa shape index (κ1) is 11.3. The Morgan fingerprint density at radius 3 is 2.81 bits per heavy atom. The van der Waals surface area contributed by atoms with Crippen molar-refractivity contribution in [2.45, 2.75) is 6.42 Å². The maximum Gasteiger partial charge on any atom is 0.248 e. The number of amides is 1. The molecule has 0 aromatic rings. The molecule has 0 aromatic carbocycles. The van der Waals surface area contributed by atoms with Gasteiger partial charge in [-0.3, -0.25) is 9.59 Å². The Balaban J connectivity index is 2.45. The van der Waals surface area contributed by atoms with E-state index in [9.17, 15) is 9.59 Å². The Hall–Kier alpha value is -1.20. The Morgan fingerprint density at radius 2 is 2.12 bits per heavy atom. The molecule has 0 bridgehead atoms. The van der Waals surface area contributed by atoms with Gasteiger partial charge in [0.05, 0.1) is 5.92 Å². The zero-order chi connectivity index (χ0) is 11.7. The molecule has 0 saturated carbocycles. The second-order valence-electron chi connectivity index (χ2n) is 3.61. The minimum atomic E-state index is -0.454. The Labute approximate surface area is 101 Å². The van der Waals surface area contributed by atoms with E-state index in [1.807, 2.05) is 0 Å². The minimum absolute atomic E-state index is 0.0714. The van der Waals surface area contributed by atoms with E-state index in [0.717, 1.165) is 0 Å². The normalized spacial score (nSPS) is 24.1. The summed E-state index contributed by atoms with van der Waals surface area (Å²) in [4.78, 5) is 23.1. The summed E-state index contributed by atoms with van der Waals surface area (Å²) in [6, 6.07) is 0. The summed E-state index contributed by atoms with van der Waals surface area (Å²) in [5, 5.41) is 11.6. The molecule has 0 radical (unpaired) electrons.